The number of aromatic nitrogens is 4. The number of hydrogen-bond donors (Lipinski definition) is 4. The van der Waals surface area contributed by atoms with Crippen molar-refractivity contribution in [2.45, 2.75) is 25.7 Å². The van der Waals surface area contributed by atoms with Crippen molar-refractivity contribution in [3.05, 3.63) is 46.0 Å². The first kappa shape index (κ1) is 11.4. The number of aromatic amines is 4. The van der Waals surface area contributed by atoms with Gasteiger partial charge in [0.25, 0.3) is 0 Å². The van der Waals surface area contributed by atoms with Crippen molar-refractivity contribution in [2.24, 2.45) is 0 Å². The standard InChI is InChI=1S/C15H16N4O/c1-8-4-6-16-14-11(8)18-13-10(20)5-7-17-15(13)19-12(14)9-2-3-9/h4-7,9,16,18H,2-3H2,1H3,(H2,17,19,20). The molecule has 0 radical (unpaired) electrons. The zero-order chi connectivity index (χ0) is 13.7. The Morgan fingerprint density at radius 3 is 2.65 bits per heavy atom. The Labute approximate surface area is 115 Å². The van der Waals surface area contributed by atoms with Crippen LogP contribution in [0.25, 0.3) is 22.6 Å². The summed E-state index contributed by atoms with van der Waals surface area (Å²) < 4.78 is 0. The van der Waals surface area contributed by atoms with Gasteiger partial charge in [-0.1, -0.05) is 0 Å². The largest absolute Gasteiger partial charge is 0.359 e. The third kappa shape index (κ3) is 1.66. The topological polar surface area (TPSA) is 80.2 Å². The van der Waals surface area contributed by atoms with Gasteiger partial charge in [-0.25, -0.2) is 0 Å². The summed E-state index contributed by atoms with van der Waals surface area (Å²) in [4.78, 5) is 25.2. The molecule has 5 heteroatoms. The highest BCUT2D eigenvalue weighted by Gasteiger charge is 2.28. The first-order chi connectivity index (χ1) is 9.74. The molecule has 0 atom stereocenters. The minimum absolute atomic E-state index is 0.0162. The fourth-order valence-corrected chi connectivity index (χ4v) is 2.68. The van der Waals surface area contributed by atoms with Crippen LogP contribution in [0, 0.1) is 6.92 Å². The fourth-order valence-electron chi connectivity index (χ4n) is 2.68. The van der Waals surface area contributed by atoms with E-state index in [0.29, 0.717) is 11.4 Å². The molecule has 102 valence electrons. The number of hydrogen-bond acceptors (Lipinski definition) is 1. The number of aryl methyl sites for hydroxylation is 1. The summed E-state index contributed by atoms with van der Waals surface area (Å²) in [6.07, 6.45) is 6.00. The van der Waals surface area contributed by atoms with E-state index in [1.54, 1.807) is 6.20 Å². The smallest absolute Gasteiger partial charge is 0.207 e. The molecule has 1 saturated carbocycles. The summed E-state index contributed by atoms with van der Waals surface area (Å²) in [5, 5.41) is 0. The van der Waals surface area contributed by atoms with Crippen LogP contribution in [0.3, 0.4) is 0 Å². The van der Waals surface area contributed by atoms with E-state index in [-0.39, 0.29) is 5.43 Å². The average Bonchev–Trinajstić information content (AvgIpc) is 3.24. The Hall–Kier alpha value is -2.43. The maximum absolute atomic E-state index is 12.1. The van der Waals surface area contributed by atoms with Gasteiger partial charge in [0.2, 0.25) is 5.43 Å². The van der Waals surface area contributed by atoms with Crippen LogP contribution < -0.4 is 5.43 Å². The molecular weight excluding hydrogens is 252 g/mol. The predicted octanol–water partition coefficient (Wildman–Crippen LogP) is 2.93. The van der Waals surface area contributed by atoms with Crippen LogP contribution in [0.5, 0.6) is 0 Å². The van der Waals surface area contributed by atoms with Crippen LogP contribution >= 0.6 is 0 Å². The fraction of sp³-hybridized carbons (Fsp3) is 0.267. The SMILES string of the molecule is Cc1cc[nH]c2c(C3CC3)[nH]c3[nH]ccc(=O)c3[nH]c1-2. The van der Waals surface area contributed by atoms with E-state index in [2.05, 4.69) is 19.9 Å². The maximum Gasteiger partial charge on any atom is 0.207 e. The lowest BCUT2D eigenvalue weighted by Crippen LogP contribution is -2.02. The molecule has 5 nitrogen and oxygen atoms in total. The van der Waals surface area contributed by atoms with Gasteiger partial charge in [-0.3, -0.25) is 4.79 Å². The molecule has 0 amide bonds. The van der Waals surface area contributed by atoms with Crippen LogP contribution in [0.15, 0.2) is 29.3 Å². The number of rotatable bonds is 1. The minimum Gasteiger partial charge on any atom is -0.359 e. The predicted molar refractivity (Wildman–Crippen MR) is 78.6 cm³/mol. The Kier molecular flexibility index (Phi) is 2.30. The van der Waals surface area contributed by atoms with Gasteiger partial charge in [0.15, 0.2) is 0 Å². The lowest BCUT2D eigenvalue weighted by Gasteiger charge is -2.09. The highest BCUT2D eigenvalue weighted by Crippen LogP contribution is 2.43. The Bertz CT molecular complexity index is 858. The summed E-state index contributed by atoms with van der Waals surface area (Å²) >= 11 is 0. The zero-order valence-electron chi connectivity index (χ0n) is 11.2. The van der Waals surface area contributed by atoms with Gasteiger partial charge in [0, 0.05) is 30.1 Å². The van der Waals surface area contributed by atoms with E-state index < -0.39 is 0 Å². The van der Waals surface area contributed by atoms with Crippen molar-refractivity contribution in [2.75, 3.05) is 0 Å². The van der Waals surface area contributed by atoms with E-state index in [1.165, 1.54) is 18.9 Å². The van der Waals surface area contributed by atoms with Crippen molar-refractivity contribution >= 4 is 11.2 Å². The van der Waals surface area contributed by atoms with E-state index in [4.69, 9.17) is 0 Å². The molecule has 1 fully saturated rings. The molecule has 0 saturated heterocycles. The second kappa shape index (κ2) is 4.03. The monoisotopic (exact) mass is 268 g/mol. The normalized spacial score (nSPS) is 14.8. The number of H-pyrrole nitrogens is 4. The lowest BCUT2D eigenvalue weighted by atomic mass is 10.1. The maximum atomic E-state index is 12.1. The van der Waals surface area contributed by atoms with E-state index >= 15 is 0 Å². The second-order valence-electron chi connectivity index (χ2n) is 5.44. The molecule has 0 aromatic carbocycles. The molecule has 1 aromatic heterocycles. The summed E-state index contributed by atoms with van der Waals surface area (Å²) in [6.45, 7) is 2.05. The lowest BCUT2D eigenvalue weighted by molar-refractivity contribution is 1.02. The van der Waals surface area contributed by atoms with Crippen molar-refractivity contribution in [1.29, 1.82) is 0 Å². The number of pyridine rings is 2. The molecule has 4 N–H and O–H groups in total. The molecule has 3 aliphatic rings. The first-order valence-corrected chi connectivity index (χ1v) is 6.88. The molecule has 1 aromatic rings. The van der Waals surface area contributed by atoms with Crippen molar-refractivity contribution in [3.63, 3.8) is 0 Å². The molecule has 0 spiro atoms. The van der Waals surface area contributed by atoms with Gasteiger partial charge in [-0.2, -0.15) is 0 Å². The molecule has 4 rings (SSSR count). The first-order valence-electron chi connectivity index (χ1n) is 6.88. The third-order valence-electron chi connectivity index (χ3n) is 3.93. The summed E-state index contributed by atoms with van der Waals surface area (Å²) in [7, 11) is 0. The Balaban J connectivity index is 2.23. The highest BCUT2D eigenvalue weighted by atomic mass is 16.1. The second-order valence-corrected chi connectivity index (χ2v) is 5.44. The Morgan fingerprint density at radius 1 is 1.05 bits per heavy atom. The van der Waals surface area contributed by atoms with E-state index in [9.17, 15) is 4.79 Å². The molecule has 0 unspecified atom stereocenters. The highest BCUT2D eigenvalue weighted by molar-refractivity contribution is 5.75. The number of fused-ring (bicyclic) bond motifs is 2. The van der Waals surface area contributed by atoms with Crippen LogP contribution in [0.2, 0.25) is 0 Å². The summed E-state index contributed by atoms with van der Waals surface area (Å²) in [5.74, 6) is 0.545. The molecule has 0 bridgehead atoms. The summed E-state index contributed by atoms with van der Waals surface area (Å²) in [6, 6.07) is 3.55. The van der Waals surface area contributed by atoms with Gasteiger partial charge < -0.3 is 19.9 Å². The molecule has 20 heavy (non-hydrogen) atoms. The van der Waals surface area contributed by atoms with Gasteiger partial charge in [0.05, 0.1) is 11.4 Å². The summed E-state index contributed by atoms with van der Waals surface area (Å²) in [5.41, 5.74) is 5.62. The molecule has 2 aliphatic heterocycles. The third-order valence-corrected chi connectivity index (χ3v) is 3.93. The Morgan fingerprint density at radius 2 is 1.85 bits per heavy atom. The van der Waals surface area contributed by atoms with E-state index in [1.807, 2.05) is 19.2 Å². The van der Waals surface area contributed by atoms with Crippen molar-refractivity contribution in [1.82, 2.24) is 19.9 Å². The van der Waals surface area contributed by atoms with Gasteiger partial charge >= 0.3 is 0 Å². The van der Waals surface area contributed by atoms with Gasteiger partial charge in [-0.15, -0.1) is 0 Å². The van der Waals surface area contributed by atoms with Crippen LogP contribution in [0.4, 0.5) is 0 Å². The molecular formula is C15H16N4O. The van der Waals surface area contributed by atoms with Crippen molar-refractivity contribution in [3.8, 4) is 11.4 Å². The molecule has 3 heterocycles. The van der Waals surface area contributed by atoms with Crippen LogP contribution in [-0.2, 0) is 0 Å². The quantitative estimate of drug-likeness (QED) is 0.538. The molecule has 1 aliphatic carbocycles. The zero-order valence-corrected chi connectivity index (χ0v) is 11.2. The van der Waals surface area contributed by atoms with Crippen LogP contribution in [-0.4, -0.2) is 19.9 Å². The van der Waals surface area contributed by atoms with E-state index in [0.717, 1.165) is 28.3 Å². The van der Waals surface area contributed by atoms with Crippen molar-refractivity contribution < 1.29 is 0 Å². The minimum atomic E-state index is -0.0162. The van der Waals surface area contributed by atoms with Crippen LogP contribution in [0.1, 0.15) is 30.0 Å². The van der Waals surface area contributed by atoms with Gasteiger partial charge in [0.1, 0.15) is 11.2 Å². The number of nitrogens with one attached hydrogen (secondary N) is 4. The average molecular weight is 268 g/mol. The van der Waals surface area contributed by atoms with Gasteiger partial charge in [-0.05, 0) is 31.4 Å².